The van der Waals surface area contributed by atoms with Gasteiger partial charge in [0.05, 0.1) is 11.2 Å². The number of anilines is 3. The zero-order chi connectivity index (χ0) is 29.1. The Hall–Kier alpha value is -5.03. The highest BCUT2D eigenvalue weighted by atomic mass is 16.7. The van der Waals surface area contributed by atoms with Crippen molar-refractivity contribution in [3.63, 3.8) is 0 Å². The van der Waals surface area contributed by atoms with E-state index in [2.05, 4.69) is 11.4 Å². The summed E-state index contributed by atoms with van der Waals surface area (Å²) >= 11 is 0. The van der Waals surface area contributed by atoms with Gasteiger partial charge in [-0.05, 0) is 41.3 Å². The predicted molar refractivity (Wildman–Crippen MR) is 155 cm³/mol. The van der Waals surface area contributed by atoms with Crippen LogP contribution >= 0.6 is 0 Å². The van der Waals surface area contributed by atoms with Gasteiger partial charge in [-0.1, -0.05) is 24.3 Å². The van der Waals surface area contributed by atoms with Crippen molar-refractivity contribution in [2.75, 3.05) is 28.6 Å². The van der Waals surface area contributed by atoms with Crippen LogP contribution in [0.1, 0.15) is 42.1 Å². The largest absolute Gasteiger partial charge is 0.454 e. The summed E-state index contributed by atoms with van der Waals surface area (Å²) in [6.07, 6.45) is 2.56. The summed E-state index contributed by atoms with van der Waals surface area (Å²) in [5, 5.41) is 5.15. The highest BCUT2D eigenvalue weighted by Crippen LogP contribution is 2.47. The van der Waals surface area contributed by atoms with Crippen molar-refractivity contribution >= 4 is 45.7 Å². The summed E-state index contributed by atoms with van der Waals surface area (Å²) in [5.74, 6) is 0.174. The van der Waals surface area contributed by atoms with Crippen molar-refractivity contribution in [1.82, 2.24) is 4.57 Å². The monoisotopic (exact) mass is 567 g/mol. The molecule has 1 atom stereocenters. The standard InChI is InChI=1S/C31H29N5O6/c1-17(37)35-7-6-21-9-27-24(11-25(21)35)33-31(39)30(36(27)42-18(2)38)23-15-34(14-20-5-3-4-19(8-20)13-32)26-12-29-28(10-22(23)26)40-16-41-29/h3-5,8-12,15,30H,6-7,13-14,16,32H2,1-2H3,(H,33,39). The number of ether oxygens (including phenoxy) is 2. The first-order valence-corrected chi connectivity index (χ1v) is 13.7. The van der Waals surface area contributed by atoms with Gasteiger partial charge in [0.2, 0.25) is 12.7 Å². The number of aromatic nitrogens is 1. The van der Waals surface area contributed by atoms with E-state index in [0.717, 1.165) is 33.3 Å². The normalized spacial score (nSPS) is 16.8. The second kappa shape index (κ2) is 9.81. The Morgan fingerprint density at radius 2 is 1.83 bits per heavy atom. The number of rotatable bonds is 5. The lowest BCUT2D eigenvalue weighted by molar-refractivity contribution is -0.144. The minimum Gasteiger partial charge on any atom is -0.454 e. The molecule has 214 valence electrons. The fourth-order valence-electron chi connectivity index (χ4n) is 6.10. The number of amides is 2. The second-order valence-corrected chi connectivity index (χ2v) is 10.7. The van der Waals surface area contributed by atoms with Crippen molar-refractivity contribution in [3.05, 3.63) is 77.0 Å². The van der Waals surface area contributed by atoms with Gasteiger partial charge in [0.25, 0.3) is 5.91 Å². The van der Waals surface area contributed by atoms with E-state index in [0.29, 0.717) is 54.5 Å². The van der Waals surface area contributed by atoms with Gasteiger partial charge in [-0.25, -0.2) is 0 Å². The summed E-state index contributed by atoms with van der Waals surface area (Å²) in [7, 11) is 0. The van der Waals surface area contributed by atoms with Crippen LogP contribution in [0.5, 0.6) is 11.5 Å². The molecule has 2 amide bonds. The molecule has 0 bridgehead atoms. The number of nitrogens with two attached hydrogens (primary N) is 1. The van der Waals surface area contributed by atoms with E-state index in [9.17, 15) is 14.4 Å². The molecule has 0 radical (unpaired) electrons. The molecule has 3 aromatic carbocycles. The van der Waals surface area contributed by atoms with E-state index in [-0.39, 0.29) is 18.6 Å². The fourth-order valence-corrected chi connectivity index (χ4v) is 6.10. The van der Waals surface area contributed by atoms with Crippen LogP contribution in [0.4, 0.5) is 17.1 Å². The lowest BCUT2D eigenvalue weighted by atomic mass is 9.99. The highest BCUT2D eigenvalue weighted by Gasteiger charge is 2.40. The molecule has 1 aromatic heterocycles. The number of nitrogens with zero attached hydrogens (tertiary/aromatic N) is 3. The fraction of sp³-hybridized carbons (Fsp3) is 0.258. The third-order valence-corrected chi connectivity index (χ3v) is 7.96. The Labute approximate surface area is 241 Å². The third-order valence-electron chi connectivity index (χ3n) is 7.96. The molecule has 42 heavy (non-hydrogen) atoms. The maximum atomic E-state index is 13.9. The van der Waals surface area contributed by atoms with Crippen molar-refractivity contribution < 1.29 is 28.7 Å². The lowest BCUT2D eigenvalue weighted by Gasteiger charge is -2.36. The van der Waals surface area contributed by atoms with Crippen LogP contribution in [0.2, 0.25) is 0 Å². The maximum absolute atomic E-state index is 13.9. The lowest BCUT2D eigenvalue weighted by Crippen LogP contribution is -2.42. The summed E-state index contributed by atoms with van der Waals surface area (Å²) in [5.41, 5.74) is 12.1. The van der Waals surface area contributed by atoms with E-state index >= 15 is 0 Å². The molecule has 3 aliphatic rings. The zero-order valence-electron chi connectivity index (χ0n) is 23.2. The summed E-state index contributed by atoms with van der Waals surface area (Å²) < 4.78 is 13.4. The van der Waals surface area contributed by atoms with Crippen molar-refractivity contribution in [3.8, 4) is 11.5 Å². The van der Waals surface area contributed by atoms with Crippen LogP contribution in [0.25, 0.3) is 10.9 Å². The molecule has 4 heterocycles. The van der Waals surface area contributed by atoms with Gasteiger partial charge in [-0.2, -0.15) is 5.06 Å². The average molecular weight is 568 g/mol. The molecule has 3 N–H and O–H groups in total. The third kappa shape index (κ3) is 4.20. The van der Waals surface area contributed by atoms with Gasteiger partial charge < -0.3 is 34.8 Å². The van der Waals surface area contributed by atoms with Crippen LogP contribution in [-0.2, 0) is 38.7 Å². The van der Waals surface area contributed by atoms with Gasteiger partial charge in [0.1, 0.15) is 5.69 Å². The molecule has 11 nitrogen and oxygen atoms in total. The minimum atomic E-state index is -0.996. The van der Waals surface area contributed by atoms with Crippen LogP contribution < -0.4 is 30.5 Å². The van der Waals surface area contributed by atoms with Crippen LogP contribution in [0.15, 0.2) is 54.7 Å². The van der Waals surface area contributed by atoms with E-state index < -0.39 is 12.0 Å². The average Bonchev–Trinajstić information content (AvgIpc) is 3.68. The predicted octanol–water partition coefficient (Wildman–Crippen LogP) is 3.76. The van der Waals surface area contributed by atoms with E-state index in [4.69, 9.17) is 20.0 Å². The number of hydrogen-bond donors (Lipinski definition) is 2. The number of hydrogen-bond acceptors (Lipinski definition) is 8. The Kier molecular flexibility index (Phi) is 6.05. The van der Waals surface area contributed by atoms with Gasteiger partial charge in [0.15, 0.2) is 17.5 Å². The summed E-state index contributed by atoms with van der Waals surface area (Å²) in [6.45, 7) is 4.41. The molecule has 3 aliphatic heterocycles. The Balaban J connectivity index is 1.38. The molecule has 1 unspecified atom stereocenters. The quantitative estimate of drug-likeness (QED) is 0.373. The van der Waals surface area contributed by atoms with Crippen molar-refractivity contribution in [2.24, 2.45) is 5.73 Å². The number of fused-ring (bicyclic) bond motifs is 4. The van der Waals surface area contributed by atoms with Crippen molar-refractivity contribution in [2.45, 2.75) is 39.4 Å². The van der Waals surface area contributed by atoms with Gasteiger partial charge in [-0.15, -0.1) is 0 Å². The van der Waals surface area contributed by atoms with Gasteiger partial charge in [-0.3, -0.25) is 14.4 Å². The van der Waals surface area contributed by atoms with E-state index in [1.165, 1.54) is 18.9 Å². The molecule has 11 heteroatoms. The topological polar surface area (TPSA) is 128 Å². The molecule has 0 aliphatic carbocycles. The molecule has 0 spiro atoms. The SMILES string of the molecule is CC(=O)ON1c2cc3c(cc2NC(=O)C1c1cn(Cc2cccc(CN)c2)c2cc4c(cc12)OCO4)N(C(C)=O)CC3. The molecule has 4 aromatic rings. The first-order chi connectivity index (χ1) is 20.3. The zero-order valence-corrected chi connectivity index (χ0v) is 23.2. The molecular weight excluding hydrogens is 538 g/mol. The van der Waals surface area contributed by atoms with Crippen molar-refractivity contribution in [1.29, 1.82) is 0 Å². The van der Waals surface area contributed by atoms with E-state index in [1.807, 2.05) is 47.2 Å². The van der Waals surface area contributed by atoms with Gasteiger partial charge >= 0.3 is 5.97 Å². The summed E-state index contributed by atoms with van der Waals surface area (Å²) in [6, 6.07) is 14.5. The summed E-state index contributed by atoms with van der Waals surface area (Å²) in [4.78, 5) is 45.9. The number of carbonyl (C=O) groups excluding carboxylic acids is 3. The number of nitrogens with one attached hydrogen (secondary N) is 1. The molecule has 0 saturated heterocycles. The highest BCUT2D eigenvalue weighted by molar-refractivity contribution is 6.08. The first-order valence-electron chi connectivity index (χ1n) is 13.7. The van der Waals surface area contributed by atoms with Crippen LogP contribution in [0.3, 0.4) is 0 Å². The Morgan fingerprint density at radius 1 is 1.05 bits per heavy atom. The number of carbonyl (C=O) groups is 3. The Morgan fingerprint density at radius 3 is 2.60 bits per heavy atom. The molecule has 0 saturated carbocycles. The van der Waals surface area contributed by atoms with Gasteiger partial charge in [0, 0.05) is 62.4 Å². The first kappa shape index (κ1) is 25.9. The molecule has 7 rings (SSSR count). The smallest absolute Gasteiger partial charge is 0.329 e. The maximum Gasteiger partial charge on any atom is 0.329 e. The minimum absolute atomic E-state index is 0.0749. The number of benzene rings is 3. The second-order valence-electron chi connectivity index (χ2n) is 10.7. The van der Waals surface area contributed by atoms with Crippen LogP contribution in [0, 0.1) is 0 Å². The Bertz CT molecular complexity index is 1800. The molecule has 0 fully saturated rings. The van der Waals surface area contributed by atoms with Crippen LogP contribution in [-0.4, -0.2) is 35.7 Å². The van der Waals surface area contributed by atoms with E-state index in [1.54, 1.807) is 11.0 Å². The number of hydroxylamine groups is 1. The molecular formula is C31H29N5O6.